The van der Waals surface area contributed by atoms with Gasteiger partial charge in [0.15, 0.2) is 0 Å². The first kappa shape index (κ1) is 13.5. The van der Waals surface area contributed by atoms with Crippen LogP contribution < -0.4 is 11.1 Å². The van der Waals surface area contributed by atoms with Gasteiger partial charge in [-0.1, -0.05) is 13.8 Å². The molecule has 0 aromatic heterocycles. The molecule has 1 unspecified atom stereocenters. The summed E-state index contributed by atoms with van der Waals surface area (Å²) in [7, 11) is 0. The standard InChI is InChI=1S/C12H25N3O/c1-3-10(13)9-12(16)14-11-5-7-15(4-2)8-6-11/h10-11H,3-9,13H2,1-2H3,(H,14,16). The van der Waals surface area contributed by atoms with Crippen LogP contribution in [0.3, 0.4) is 0 Å². The number of piperidine rings is 1. The zero-order valence-corrected chi connectivity index (χ0v) is 10.5. The van der Waals surface area contributed by atoms with Gasteiger partial charge in [-0.05, 0) is 25.8 Å². The third-order valence-corrected chi connectivity index (χ3v) is 3.37. The van der Waals surface area contributed by atoms with Crippen LogP contribution in [-0.4, -0.2) is 42.5 Å². The van der Waals surface area contributed by atoms with Crippen molar-refractivity contribution in [1.82, 2.24) is 10.2 Å². The van der Waals surface area contributed by atoms with Crippen molar-refractivity contribution >= 4 is 5.91 Å². The van der Waals surface area contributed by atoms with Gasteiger partial charge in [-0.15, -0.1) is 0 Å². The van der Waals surface area contributed by atoms with Gasteiger partial charge in [0.25, 0.3) is 0 Å². The Hall–Kier alpha value is -0.610. The van der Waals surface area contributed by atoms with Crippen LogP contribution in [0.15, 0.2) is 0 Å². The summed E-state index contributed by atoms with van der Waals surface area (Å²) in [6.45, 7) is 7.50. The number of rotatable bonds is 5. The maximum atomic E-state index is 11.6. The molecule has 1 amide bonds. The summed E-state index contributed by atoms with van der Waals surface area (Å²) in [6.07, 6.45) is 3.47. The smallest absolute Gasteiger partial charge is 0.221 e. The van der Waals surface area contributed by atoms with Crippen molar-refractivity contribution < 1.29 is 4.79 Å². The summed E-state index contributed by atoms with van der Waals surface area (Å²) in [4.78, 5) is 14.0. The lowest BCUT2D eigenvalue weighted by molar-refractivity contribution is -0.122. The molecule has 0 radical (unpaired) electrons. The van der Waals surface area contributed by atoms with Crippen LogP contribution >= 0.6 is 0 Å². The Morgan fingerprint density at radius 1 is 1.44 bits per heavy atom. The lowest BCUT2D eigenvalue weighted by atomic mass is 10.0. The molecule has 4 nitrogen and oxygen atoms in total. The van der Waals surface area contributed by atoms with Gasteiger partial charge < -0.3 is 16.0 Å². The highest BCUT2D eigenvalue weighted by Gasteiger charge is 2.19. The number of carbonyl (C=O) groups is 1. The van der Waals surface area contributed by atoms with E-state index in [2.05, 4.69) is 17.1 Å². The van der Waals surface area contributed by atoms with E-state index in [1.165, 1.54) is 0 Å². The van der Waals surface area contributed by atoms with E-state index < -0.39 is 0 Å². The van der Waals surface area contributed by atoms with Crippen LogP contribution in [0, 0.1) is 0 Å². The van der Waals surface area contributed by atoms with Gasteiger partial charge in [0.05, 0.1) is 0 Å². The second-order valence-electron chi connectivity index (χ2n) is 4.65. The third kappa shape index (κ3) is 4.49. The molecule has 0 spiro atoms. The van der Waals surface area contributed by atoms with Gasteiger partial charge in [0.2, 0.25) is 5.91 Å². The highest BCUT2D eigenvalue weighted by Crippen LogP contribution is 2.10. The van der Waals surface area contributed by atoms with Crippen molar-refractivity contribution in [2.24, 2.45) is 5.73 Å². The topological polar surface area (TPSA) is 58.4 Å². The zero-order valence-electron chi connectivity index (χ0n) is 10.5. The molecule has 1 fully saturated rings. The Morgan fingerprint density at radius 2 is 2.06 bits per heavy atom. The fourth-order valence-corrected chi connectivity index (χ4v) is 2.06. The highest BCUT2D eigenvalue weighted by atomic mass is 16.1. The maximum absolute atomic E-state index is 11.6. The van der Waals surface area contributed by atoms with Crippen LogP contribution in [-0.2, 0) is 4.79 Å². The number of likely N-dealkylation sites (tertiary alicyclic amines) is 1. The van der Waals surface area contributed by atoms with Gasteiger partial charge >= 0.3 is 0 Å². The predicted molar refractivity (Wildman–Crippen MR) is 66.2 cm³/mol. The molecule has 1 saturated heterocycles. The van der Waals surface area contributed by atoms with Gasteiger partial charge in [-0.25, -0.2) is 0 Å². The number of hydrogen-bond donors (Lipinski definition) is 2. The van der Waals surface area contributed by atoms with E-state index in [1.807, 2.05) is 6.92 Å². The molecular weight excluding hydrogens is 202 g/mol. The predicted octanol–water partition coefficient (Wildman–Crippen LogP) is 0.714. The van der Waals surface area contributed by atoms with Crippen molar-refractivity contribution in [2.75, 3.05) is 19.6 Å². The van der Waals surface area contributed by atoms with Gasteiger partial charge in [-0.2, -0.15) is 0 Å². The number of nitrogens with two attached hydrogens (primary N) is 1. The van der Waals surface area contributed by atoms with Crippen molar-refractivity contribution in [3.05, 3.63) is 0 Å². The van der Waals surface area contributed by atoms with Crippen LogP contribution in [0.25, 0.3) is 0 Å². The number of hydrogen-bond acceptors (Lipinski definition) is 3. The van der Waals surface area contributed by atoms with Crippen LogP contribution in [0.4, 0.5) is 0 Å². The maximum Gasteiger partial charge on any atom is 0.221 e. The fraction of sp³-hybridized carbons (Fsp3) is 0.917. The van der Waals surface area contributed by atoms with Crippen molar-refractivity contribution in [1.29, 1.82) is 0 Å². The molecule has 4 heteroatoms. The Balaban J connectivity index is 2.20. The molecule has 1 atom stereocenters. The summed E-state index contributed by atoms with van der Waals surface area (Å²) in [5.41, 5.74) is 5.75. The van der Waals surface area contributed by atoms with Crippen LogP contribution in [0.1, 0.15) is 39.5 Å². The van der Waals surface area contributed by atoms with E-state index in [1.54, 1.807) is 0 Å². The second-order valence-corrected chi connectivity index (χ2v) is 4.65. The summed E-state index contributed by atoms with van der Waals surface area (Å²) in [5.74, 6) is 0.115. The molecule has 0 saturated carbocycles. The molecule has 0 aromatic carbocycles. The Bertz CT molecular complexity index is 212. The lowest BCUT2D eigenvalue weighted by Gasteiger charge is -2.31. The van der Waals surface area contributed by atoms with Crippen molar-refractivity contribution in [2.45, 2.75) is 51.6 Å². The summed E-state index contributed by atoms with van der Waals surface area (Å²) in [5, 5.41) is 3.08. The molecular formula is C12H25N3O. The van der Waals surface area contributed by atoms with Gasteiger partial charge in [0, 0.05) is 31.6 Å². The zero-order chi connectivity index (χ0) is 12.0. The molecule has 1 aliphatic rings. The quantitative estimate of drug-likeness (QED) is 0.727. The van der Waals surface area contributed by atoms with E-state index in [-0.39, 0.29) is 11.9 Å². The summed E-state index contributed by atoms with van der Waals surface area (Å²) >= 11 is 0. The van der Waals surface area contributed by atoms with E-state index in [0.717, 1.165) is 38.9 Å². The molecule has 16 heavy (non-hydrogen) atoms. The average molecular weight is 227 g/mol. The van der Waals surface area contributed by atoms with Crippen LogP contribution in [0.5, 0.6) is 0 Å². The highest BCUT2D eigenvalue weighted by molar-refractivity contribution is 5.76. The van der Waals surface area contributed by atoms with Crippen LogP contribution in [0.2, 0.25) is 0 Å². The Kier molecular flexibility index (Phi) is 5.77. The first-order chi connectivity index (χ1) is 7.65. The lowest BCUT2D eigenvalue weighted by Crippen LogP contribution is -2.45. The van der Waals surface area contributed by atoms with E-state index in [4.69, 9.17) is 5.73 Å². The monoisotopic (exact) mass is 227 g/mol. The number of nitrogens with zero attached hydrogens (tertiary/aromatic N) is 1. The molecule has 0 aromatic rings. The molecule has 3 N–H and O–H groups in total. The summed E-state index contributed by atoms with van der Waals surface area (Å²) in [6, 6.07) is 0.370. The van der Waals surface area contributed by atoms with Gasteiger partial charge in [0.1, 0.15) is 0 Å². The molecule has 0 bridgehead atoms. The Morgan fingerprint density at radius 3 is 2.56 bits per heavy atom. The largest absolute Gasteiger partial charge is 0.353 e. The minimum absolute atomic E-state index is 0.00994. The molecule has 94 valence electrons. The average Bonchev–Trinajstić information content (AvgIpc) is 2.29. The first-order valence-corrected chi connectivity index (χ1v) is 6.43. The Labute approximate surface area is 98.6 Å². The van der Waals surface area contributed by atoms with E-state index >= 15 is 0 Å². The normalized spacial score (nSPS) is 20.7. The SMILES string of the molecule is CCC(N)CC(=O)NC1CCN(CC)CC1. The molecule has 1 heterocycles. The first-order valence-electron chi connectivity index (χ1n) is 6.43. The fourth-order valence-electron chi connectivity index (χ4n) is 2.06. The van der Waals surface area contributed by atoms with E-state index in [9.17, 15) is 4.79 Å². The number of nitrogens with one attached hydrogen (secondary N) is 1. The third-order valence-electron chi connectivity index (χ3n) is 3.37. The van der Waals surface area contributed by atoms with Crippen molar-refractivity contribution in [3.63, 3.8) is 0 Å². The number of amides is 1. The van der Waals surface area contributed by atoms with Crippen molar-refractivity contribution in [3.8, 4) is 0 Å². The van der Waals surface area contributed by atoms with E-state index in [0.29, 0.717) is 12.5 Å². The summed E-state index contributed by atoms with van der Waals surface area (Å²) < 4.78 is 0. The molecule has 1 rings (SSSR count). The second kappa shape index (κ2) is 6.86. The van der Waals surface area contributed by atoms with Gasteiger partial charge in [-0.3, -0.25) is 4.79 Å². The molecule has 1 aliphatic heterocycles. The minimum atomic E-state index is 0.00994. The molecule has 0 aliphatic carbocycles. The minimum Gasteiger partial charge on any atom is -0.353 e. The number of carbonyl (C=O) groups excluding carboxylic acids is 1.